The molecule has 0 aliphatic rings. The molecule has 0 saturated heterocycles. The van der Waals surface area contributed by atoms with E-state index in [1.54, 1.807) is 6.20 Å². The number of nitrogens with zero attached hydrogens (tertiary/aromatic N) is 1. The first-order valence-corrected chi connectivity index (χ1v) is 3.96. The fraction of sp³-hybridized carbons (Fsp3) is 0.100. The van der Waals surface area contributed by atoms with E-state index in [4.69, 9.17) is 5.11 Å². The summed E-state index contributed by atoms with van der Waals surface area (Å²) in [6.07, 6.45) is 3.57. The zero-order valence-electron chi connectivity index (χ0n) is 7.44. The summed E-state index contributed by atoms with van der Waals surface area (Å²) in [7, 11) is 1.00. The Bertz CT molecular complexity index is 316. The molecule has 0 fully saturated rings. The predicted molar refractivity (Wildman–Crippen MR) is 52.2 cm³/mol. The summed E-state index contributed by atoms with van der Waals surface area (Å²) in [5.41, 5.74) is 1.12. The van der Waals surface area contributed by atoms with E-state index in [-0.39, 0.29) is 0 Å². The number of rotatable bonds is 1. The van der Waals surface area contributed by atoms with Crippen LogP contribution in [0.1, 0.15) is 0 Å². The van der Waals surface area contributed by atoms with Gasteiger partial charge in [0.1, 0.15) is 5.82 Å². The molecular weight excluding hydrogens is 164 g/mol. The number of hydrogen-bond acceptors (Lipinski definition) is 2. The van der Waals surface area contributed by atoms with E-state index in [1.807, 2.05) is 36.5 Å². The third-order valence-corrected chi connectivity index (χ3v) is 1.55. The summed E-state index contributed by atoms with van der Waals surface area (Å²) >= 11 is 0. The van der Waals surface area contributed by atoms with Gasteiger partial charge < -0.3 is 10.1 Å². The van der Waals surface area contributed by atoms with Crippen LogP contribution in [0.3, 0.4) is 0 Å². The van der Waals surface area contributed by atoms with Gasteiger partial charge in [-0.1, -0.05) is 30.3 Å². The number of benzene rings is 1. The molecule has 2 aromatic rings. The maximum absolute atomic E-state index is 7.00. The zero-order chi connectivity index (χ0) is 9.52. The van der Waals surface area contributed by atoms with Crippen LogP contribution in [-0.4, -0.2) is 22.2 Å². The molecule has 0 bridgehead atoms. The largest absolute Gasteiger partial charge is 0.400 e. The van der Waals surface area contributed by atoms with Crippen LogP contribution in [0.2, 0.25) is 0 Å². The number of aliphatic hydroxyl groups is 1. The smallest absolute Gasteiger partial charge is 0.137 e. The molecule has 13 heavy (non-hydrogen) atoms. The van der Waals surface area contributed by atoms with Crippen molar-refractivity contribution in [2.24, 2.45) is 0 Å². The topological polar surface area (TPSA) is 48.9 Å². The predicted octanol–water partition coefficient (Wildman–Crippen LogP) is 1.69. The van der Waals surface area contributed by atoms with Gasteiger partial charge >= 0.3 is 0 Å². The zero-order valence-corrected chi connectivity index (χ0v) is 7.44. The lowest BCUT2D eigenvalue weighted by Crippen LogP contribution is -1.77. The molecule has 0 aliphatic carbocycles. The number of imidazole rings is 1. The first kappa shape index (κ1) is 9.48. The summed E-state index contributed by atoms with van der Waals surface area (Å²) in [5.74, 6) is 0.922. The first-order valence-electron chi connectivity index (χ1n) is 3.96. The fourth-order valence-corrected chi connectivity index (χ4v) is 1.02. The minimum Gasteiger partial charge on any atom is -0.400 e. The molecule has 0 radical (unpaired) electrons. The SMILES string of the molecule is CO.c1ccc(-c2ncc[nH]2)cc1. The lowest BCUT2D eigenvalue weighted by molar-refractivity contribution is 0.399. The molecule has 0 saturated carbocycles. The van der Waals surface area contributed by atoms with Gasteiger partial charge in [0, 0.05) is 25.1 Å². The highest BCUT2D eigenvalue weighted by molar-refractivity contribution is 5.53. The Morgan fingerprint density at radius 1 is 1.15 bits per heavy atom. The number of aliphatic hydroxyl groups excluding tert-OH is 1. The molecule has 2 rings (SSSR count). The van der Waals surface area contributed by atoms with Crippen LogP contribution < -0.4 is 0 Å². The van der Waals surface area contributed by atoms with Crippen molar-refractivity contribution in [1.82, 2.24) is 9.97 Å². The van der Waals surface area contributed by atoms with Crippen LogP contribution >= 0.6 is 0 Å². The number of nitrogens with one attached hydrogen (secondary N) is 1. The monoisotopic (exact) mass is 176 g/mol. The maximum atomic E-state index is 7.00. The summed E-state index contributed by atoms with van der Waals surface area (Å²) in [4.78, 5) is 7.17. The Morgan fingerprint density at radius 3 is 2.38 bits per heavy atom. The van der Waals surface area contributed by atoms with Gasteiger partial charge in [-0.3, -0.25) is 0 Å². The summed E-state index contributed by atoms with van der Waals surface area (Å²) in [5, 5.41) is 7.00. The van der Waals surface area contributed by atoms with Gasteiger partial charge in [0.15, 0.2) is 0 Å². The van der Waals surface area contributed by atoms with Crippen LogP contribution in [0, 0.1) is 0 Å². The van der Waals surface area contributed by atoms with E-state index < -0.39 is 0 Å². The average molecular weight is 176 g/mol. The van der Waals surface area contributed by atoms with Crippen molar-refractivity contribution in [2.45, 2.75) is 0 Å². The number of aromatic amines is 1. The molecule has 3 nitrogen and oxygen atoms in total. The lowest BCUT2D eigenvalue weighted by Gasteiger charge is -1.92. The molecule has 3 heteroatoms. The summed E-state index contributed by atoms with van der Waals surface area (Å²) in [6, 6.07) is 10.0. The van der Waals surface area contributed by atoms with Gasteiger partial charge in [-0.15, -0.1) is 0 Å². The second-order valence-electron chi connectivity index (χ2n) is 2.30. The van der Waals surface area contributed by atoms with Gasteiger partial charge in [-0.05, 0) is 0 Å². The van der Waals surface area contributed by atoms with Crippen molar-refractivity contribution in [2.75, 3.05) is 7.11 Å². The second-order valence-corrected chi connectivity index (χ2v) is 2.30. The second kappa shape index (κ2) is 5.11. The highest BCUT2D eigenvalue weighted by atomic mass is 16.2. The number of hydrogen-bond donors (Lipinski definition) is 2. The molecule has 1 aromatic carbocycles. The van der Waals surface area contributed by atoms with Crippen molar-refractivity contribution in [3.8, 4) is 11.4 Å². The Balaban J connectivity index is 0.000000396. The Labute approximate surface area is 77.1 Å². The molecular formula is C10H12N2O. The Hall–Kier alpha value is -1.61. The molecule has 0 spiro atoms. The minimum atomic E-state index is 0.922. The summed E-state index contributed by atoms with van der Waals surface area (Å²) < 4.78 is 0. The van der Waals surface area contributed by atoms with Crippen molar-refractivity contribution in [3.05, 3.63) is 42.7 Å². The van der Waals surface area contributed by atoms with Crippen molar-refractivity contribution >= 4 is 0 Å². The van der Waals surface area contributed by atoms with Crippen LogP contribution in [0.15, 0.2) is 42.7 Å². The maximum Gasteiger partial charge on any atom is 0.137 e. The van der Waals surface area contributed by atoms with E-state index >= 15 is 0 Å². The molecule has 1 heterocycles. The van der Waals surface area contributed by atoms with Crippen LogP contribution in [0.5, 0.6) is 0 Å². The molecule has 2 N–H and O–H groups in total. The lowest BCUT2D eigenvalue weighted by atomic mass is 10.2. The normalized spacial score (nSPS) is 8.77. The third-order valence-electron chi connectivity index (χ3n) is 1.55. The average Bonchev–Trinajstić information content (AvgIpc) is 2.75. The summed E-state index contributed by atoms with van der Waals surface area (Å²) in [6.45, 7) is 0. The Kier molecular flexibility index (Phi) is 3.73. The van der Waals surface area contributed by atoms with Crippen LogP contribution in [-0.2, 0) is 0 Å². The number of aromatic nitrogens is 2. The fourth-order valence-electron chi connectivity index (χ4n) is 1.02. The highest BCUT2D eigenvalue weighted by Crippen LogP contribution is 2.11. The van der Waals surface area contributed by atoms with Gasteiger partial charge in [0.05, 0.1) is 0 Å². The Morgan fingerprint density at radius 2 is 1.85 bits per heavy atom. The van der Waals surface area contributed by atoms with E-state index in [0.29, 0.717) is 0 Å². The van der Waals surface area contributed by atoms with Gasteiger partial charge in [0.2, 0.25) is 0 Å². The van der Waals surface area contributed by atoms with E-state index in [0.717, 1.165) is 18.5 Å². The first-order chi connectivity index (χ1) is 6.47. The third kappa shape index (κ3) is 2.42. The van der Waals surface area contributed by atoms with E-state index in [9.17, 15) is 0 Å². The molecule has 0 unspecified atom stereocenters. The van der Waals surface area contributed by atoms with Crippen molar-refractivity contribution in [1.29, 1.82) is 0 Å². The molecule has 0 aliphatic heterocycles. The standard InChI is InChI=1S/C9H8N2.CH4O/c1-2-4-8(5-3-1)9-10-6-7-11-9;1-2/h1-7H,(H,10,11);2H,1H3. The quantitative estimate of drug-likeness (QED) is 0.694. The molecule has 0 atom stereocenters. The molecule has 0 amide bonds. The molecule has 68 valence electrons. The minimum absolute atomic E-state index is 0.922. The van der Waals surface area contributed by atoms with Gasteiger partial charge in [-0.25, -0.2) is 4.98 Å². The number of H-pyrrole nitrogens is 1. The van der Waals surface area contributed by atoms with E-state index in [2.05, 4.69) is 9.97 Å². The highest BCUT2D eigenvalue weighted by Gasteiger charge is 1.94. The van der Waals surface area contributed by atoms with Crippen molar-refractivity contribution in [3.63, 3.8) is 0 Å². The van der Waals surface area contributed by atoms with Crippen molar-refractivity contribution < 1.29 is 5.11 Å². The van der Waals surface area contributed by atoms with Gasteiger partial charge in [-0.2, -0.15) is 0 Å². The van der Waals surface area contributed by atoms with Crippen LogP contribution in [0.4, 0.5) is 0 Å². The van der Waals surface area contributed by atoms with Gasteiger partial charge in [0.25, 0.3) is 0 Å². The molecule has 1 aromatic heterocycles. The van der Waals surface area contributed by atoms with E-state index in [1.165, 1.54) is 0 Å². The van der Waals surface area contributed by atoms with Crippen LogP contribution in [0.25, 0.3) is 11.4 Å².